The molecular weight excluding hydrogens is 235 g/mol. The average Bonchev–Trinajstić information content (AvgIpc) is 2.22. The van der Waals surface area contributed by atoms with Crippen LogP contribution in [0.3, 0.4) is 0 Å². The highest BCUT2D eigenvalue weighted by Gasteiger charge is 2.33. The van der Waals surface area contributed by atoms with Crippen molar-refractivity contribution in [2.24, 2.45) is 0 Å². The predicted octanol–water partition coefficient (Wildman–Crippen LogP) is 2.08. The second kappa shape index (κ2) is 4.48. The minimum atomic E-state index is -4.44. The Labute approximate surface area is 96.2 Å². The quantitative estimate of drug-likeness (QED) is 0.888. The van der Waals surface area contributed by atoms with E-state index >= 15 is 0 Å². The molecule has 0 spiro atoms. The second-order valence-electron chi connectivity index (χ2n) is 3.97. The van der Waals surface area contributed by atoms with E-state index in [4.69, 9.17) is 4.74 Å². The first-order chi connectivity index (χ1) is 7.99. The Balaban J connectivity index is 1.91. The van der Waals surface area contributed by atoms with E-state index in [2.05, 4.69) is 15.5 Å². The maximum absolute atomic E-state index is 12.2. The smallest absolute Gasteiger partial charge is 0.381 e. The zero-order valence-electron chi connectivity index (χ0n) is 9.16. The molecule has 1 aromatic rings. The van der Waals surface area contributed by atoms with Crippen LogP contribution in [0.5, 0.6) is 0 Å². The number of ether oxygens (including phenoxy) is 1. The van der Waals surface area contributed by atoms with Gasteiger partial charge in [0.25, 0.3) is 0 Å². The van der Waals surface area contributed by atoms with Crippen molar-refractivity contribution in [2.45, 2.75) is 31.2 Å². The number of hydrogen-bond donors (Lipinski definition) is 1. The SMILES string of the molecule is COC1CC(Nc2ccc(C(F)(F)F)nn2)C1. The molecule has 0 amide bonds. The molecule has 7 heteroatoms. The lowest BCUT2D eigenvalue weighted by Crippen LogP contribution is -2.40. The molecule has 94 valence electrons. The van der Waals surface area contributed by atoms with Crippen LogP contribution in [-0.4, -0.2) is 29.5 Å². The molecule has 17 heavy (non-hydrogen) atoms. The van der Waals surface area contributed by atoms with E-state index in [1.165, 1.54) is 6.07 Å². The molecule has 0 bridgehead atoms. The number of halogens is 3. The fraction of sp³-hybridized carbons (Fsp3) is 0.600. The highest BCUT2D eigenvalue weighted by Crippen LogP contribution is 2.28. The van der Waals surface area contributed by atoms with Crippen LogP contribution in [0.4, 0.5) is 19.0 Å². The number of methoxy groups -OCH3 is 1. The maximum Gasteiger partial charge on any atom is 0.435 e. The van der Waals surface area contributed by atoms with Crippen LogP contribution in [0.15, 0.2) is 12.1 Å². The van der Waals surface area contributed by atoms with Gasteiger partial charge in [-0.05, 0) is 25.0 Å². The summed E-state index contributed by atoms with van der Waals surface area (Å²) in [5.41, 5.74) is -0.980. The lowest BCUT2D eigenvalue weighted by molar-refractivity contribution is -0.141. The number of nitrogens with one attached hydrogen (secondary N) is 1. The van der Waals surface area contributed by atoms with Crippen molar-refractivity contribution in [2.75, 3.05) is 12.4 Å². The summed E-state index contributed by atoms with van der Waals surface area (Å²) in [4.78, 5) is 0. The topological polar surface area (TPSA) is 47.0 Å². The molecule has 1 aliphatic carbocycles. The third-order valence-corrected chi connectivity index (χ3v) is 2.74. The number of nitrogens with zero attached hydrogens (tertiary/aromatic N) is 2. The molecule has 0 unspecified atom stereocenters. The van der Waals surface area contributed by atoms with Crippen molar-refractivity contribution in [3.8, 4) is 0 Å². The summed E-state index contributed by atoms with van der Waals surface area (Å²) >= 11 is 0. The first-order valence-corrected chi connectivity index (χ1v) is 5.19. The molecule has 1 saturated carbocycles. The maximum atomic E-state index is 12.2. The van der Waals surface area contributed by atoms with Crippen LogP contribution in [0.1, 0.15) is 18.5 Å². The number of hydrogen-bond acceptors (Lipinski definition) is 4. The lowest BCUT2D eigenvalue weighted by Gasteiger charge is -2.34. The zero-order valence-corrected chi connectivity index (χ0v) is 9.16. The van der Waals surface area contributed by atoms with Crippen LogP contribution in [0.2, 0.25) is 0 Å². The minimum absolute atomic E-state index is 0.200. The number of anilines is 1. The van der Waals surface area contributed by atoms with Gasteiger partial charge >= 0.3 is 6.18 Å². The molecule has 2 rings (SSSR count). The van der Waals surface area contributed by atoms with E-state index in [1.54, 1.807) is 7.11 Å². The third-order valence-electron chi connectivity index (χ3n) is 2.74. The number of rotatable bonds is 3. The van der Waals surface area contributed by atoms with Gasteiger partial charge in [-0.2, -0.15) is 13.2 Å². The van der Waals surface area contributed by atoms with Crippen LogP contribution in [-0.2, 0) is 10.9 Å². The van der Waals surface area contributed by atoms with Gasteiger partial charge in [0.2, 0.25) is 0 Å². The zero-order chi connectivity index (χ0) is 12.5. The second-order valence-corrected chi connectivity index (χ2v) is 3.97. The van der Waals surface area contributed by atoms with Gasteiger partial charge in [-0.25, -0.2) is 0 Å². The van der Waals surface area contributed by atoms with Gasteiger partial charge in [0.05, 0.1) is 6.10 Å². The van der Waals surface area contributed by atoms with Crippen molar-refractivity contribution in [3.05, 3.63) is 17.8 Å². The van der Waals surface area contributed by atoms with Gasteiger partial charge < -0.3 is 10.1 Å². The van der Waals surface area contributed by atoms with Gasteiger partial charge in [-0.15, -0.1) is 10.2 Å². The molecule has 0 atom stereocenters. The van der Waals surface area contributed by atoms with E-state index < -0.39 is 11.9 Å². The van der Waals surface area contributed by atoms with Gasteiger partial charge in [-0.1, -0.05) is 0 Å². The molecule has 1 N–H and O–H groups in total. The Bertz CT molecular complexity index is 373. The molecule has 0 saturated heterocycles. The van der Waals surface area contributed by atoms with Crippen molar-refractivity contribution < 1.29 is 17.9 Å². The Morgan fingerprint density at radius 3 is 2.47 bits per heavy atom. The summed E-state index contributed by atoms with van der Waals surface area (Å²) < 4.78 is 41.7. The predicted molar refractivity (Wildman–Crippen MR) is 54.5 cm³/mol. The first-order valence-electron chi connectivity index (χ1n) is 5.19. The first kappa shape index (κ1) is 12.1. The molecule has 0 aromatic carbocycles. The molecule has 1 heterocycles. The Hall–Kier alpha value is -1.37. The molecule has 1 fully saturated rings. The van der Waals surface area contributed by atoms with Gasteiger partial charge in [0.15, 0.2) is 5.69 Å². The minimum Gasteiger partial charge on any atom is -0.381 e. The lowest BCUT2D eigenvalue weighted by atomic mass is 9.89. The largest absolute Gasteiger partial charge is 0.435 e. The summed E-state index contributed by atoms with van der Waals surface area (Å²) in [7, 11) is 1.64. The summed E-state index contributed by atoms with van der Waals surface area (Å²) in [6.07, 6.45) is -2.54. The van der Waals surface area contributed by atoms with Gasteiger partial charge in [-0.3, -0.25) is 0 Å². The Morgan fingerprint density at radius 2 is 2.00 bits per heavy atom. The van der Waals surface area contributed by atoms with Crippen molar-refractivity contribution >= 4 is 5.82 Å². The molecule has 1 aromatic heterocycles. The standard InChI is InChI=1S/C10H12F3N3O/c1-17-7-4-6(5-7)14-9-3-2-8(15-16-9)10(11,12)13/h2-3,6-7H,4-5H2,1H3,(H,14,16). The highest BCUT2D eigenvalue weighted by atomic mass is 19.4. The van der Waals surface area contributed by atoms with E-state index in [0.29, 0.717) is 5.82 Å². The molecule has 0 aliphatic heterocycles. The fourth-order valence-corrected chi connectivity index (χ4v) is 1.65. The molecule has 1 aliphatic rings. The summed E-state index contributed by atoms with van der Waals surface area (Å²) in [6, 6.07) is 2.41. The van der Waals surface area contributed by atoms with E-state index in [0.717, 1.165) is 18.9 Å². The van der Waals surface area contributed by atoms with Gasteiger partial charge in [0, 0.05) is 13.2 Å². The Kier molecular flexibility index (Phi) is 3.19. The van der Waals surface area contributed by atoms with Gasteiger partial charge in [0.1, 0.15) is 5.82 Å². The number of alkyl halides is 3. The van der Waals surface area contributed by atoms with Crippen LogP contribution >= 0.6 is 0 Å². The molecular formula is C10H12F3N3O. The molecule has 4 nitrogen and oxygen atoms in total. The number of aromatic nitrogens is 2. The normalized spacial score (nSPS) is 24.2. The third kappa shape index (κ3) is 2.85. The van der Waals surface area contributed by atoms with E-state index in [-0.39, 0.29) is 12.1 Å². The monoisotopic (exact) mass is 247 g/mol. The van der Waals surface area contributed by atoms with E-state index in [1.807, 2.05) is 0 Å². The van der Waals surface area contributed by atoms with Crippen molar-refractivity contribution in [3.63, 3.8) is 0 Å². The average molecular weight is 247 g/mol. The molecule has 0 radical (unpaired) electrons. The summed E-state index contributed by atoms with van der Waals surface area (Å²) in [5, 5.41) is 9.63. The van der Waals surface area contributed by atoms with Crippen LogP contribution in [0, 0.1) is 0 Å². The summed E-state index contributed by atoms with van der Waals surface area (Å²) in [5.74, 6) is 0.359. The van der Waals surface area contributed by atoms with Crippen LogP contribution in [0.25, 0.3) is 0 Å². The summed E-state index contributed by atoms with van der Waals surface area (Å²) in [6.45, 7) is 0. The van der Waals surface area contributed by atoms with Crippen molar-refractivity contribution in [1.82, 2.24) is 10.2 Å². The van der Waals surface area contributed by atoms with Crippen LogP contribution < -0.4 is 5.32 Å². The highest BCUT2D eigenvalue weighted by molar-refractivity contribution is 5.35. The van der Waals surface area contributed by atoms with Crippen molar-refractivity contribution in [1.29, 1.82) is 0 Å². The Morgan fingerprint density at radius 1 is 1.29 bits per heavy atom. The fourth-order valence-electron chi connectivity index (χ4n) is 1.65. The van der Waals surface area contributed by atoms with E-state index in [9.17, 15) is 13.2 Å².